The second-order valence-corrected chi connectivity index (χ2v) is 2.74. The van der Waals surface area contributed by atoms with Crippen molar-refractivity contribution in [1.82, 2.24) is 0 Å². The lowest BCUT2D eigenvalue weighted by molar-refractivity contribution is -0.351. The van der Waals surface area contributed by atoms with Crippen molar-refractivity contribution in [2.45, 2.75) is 30.6 Å². The zero-order chi connectivity index (χ0) is 12.0. The monoisotopic (exact) mass is 229 g/mol. The van der Waals surface area contributed by atoms with E-state index in [1.54, 1.807) is 0 Å². The van der Waals surface area contributed by atoms with E-state index in [0.29, 0.717) is 0 Å². The summed E-state index contributed by atoms with van der Waals surface area (Å²) in [5.41, 5.74) is 0. The molecular weight excluding hydrogens is 224 g/mol. The molecule has 0 aliphatic heterocycles. The lowest BCUT2D eigenvalue weighted by atomic mass is 10.0. The third-order valence-electron chi connectivity index (χ3n) is 1.41. The van der Waals surface area contributed by atoms with Crippen LogP contribution in [0.2, 0.25) is 0 Å². The molecule has 0 aromatic heterocycles. The second-order valence-electron chi connectivity index (χ2n) is 2.74. The van der Waals surface area contributed by atoms with Crippen LogP contribution in [0.25, 0.3) is 0 Å². The van der Waals surface area contributed by atoms with E-state index in [4.69, 9.17) is 0 Å². The van der Waals surface area contributed by atoms with Crippen molar-refractivity contribution < 1.29 is 35.1 Å². The Kier molecular flexibility index (Phi) is 2.84. The standard InChI is InChI=1S/C6H5F8/c1-3(7,8)5(11,12)6(13,14)4(2,9)10/h1H2,2H3. The van der Waals surface area contributed by atoms with E-state index in [-0.39, 0.29) is 0 Å². The van der Waals surface area contributed by atoms with Crippen LogP contribution in [0.15, 0.2) is 0 Å². The van der Waals surface area contributed by atoms with Gasteiger partial charge < -0.3 is 0 Å². The smallest absolute Gasteiger partial charge is 0.200 e. The van der Waals surface area contributed by atoms with Crippen LogP contribution in [0.5, 0.6) is 0 Å². The molecule has 14 heavy (non-hydrogen) atoms. The molecule has 0 saturated heterocycles. The molecule has 0 aliphatic rings. The number of rotatable bonds is 3. The number of alkyl halides is 8. The summed E-state index contributed by atoms with van der Waals surface area (Å²) >= 11 is 0. The molecule has 0 spiro atoms. The van der Waals surface area contributed by atoms with Gasteiger partial charge in [-0.25, -0.2) is 0 Å². The average Bonchev–Trinajstić information content (AvgIpc) is 1.81. The lowest BCUT2D eigenvalue weighted by Crippen LogP contribution is -2.60. The lowest BCUT2D eigenvalue weighted by Gasteiger charge is -2.33. The minimum absolute atomic E-state index is 0.577. The number of hydrogen-bond donors (Lipinski definition) is 0. The Balaban J connectivity index is 5.30. The molecule has 0 fully saturated rings. The summed E-state index contributed by atoms with van der Waals surface area (Å²) in [5, 5.41) is 0. The van der Waals surface area contributed by atoms with Gasteiger partial charge in [0.2, 0.25) is 0 Å². The number of hydrogen-bond acceptors (Lipinski definition) is 0. The summed E-state index contributed by atoms with van der Waals surface area (Å²) in [6.07, 6.45) is 0. The first kappa shape index (κ1) is 13.4. The first-order valence-corrected chi connectivity index (χ1v) is 3.12. The Morgan fingerprint density at radius 3 is 1.07 bits per heavy atom. The Morgan fingerprint density at radius 2 is 1.00 bits per heavy atom. The van der Waals surface area contributed by atoms with E-state index < -0.39 is 30.6 Å². The fraction of sp³-hybridized carbons (Fsp3) is 0.833. The molecule has 0 unspecified atom stereocenters. The predicted molar refractivity (Wildman–Crippen MR) is 30.8 cm³/mol. The number of halogens is 8. The van der Waals surface area contributed by atoms with Gasteiger partial charge in [-0.3, -0.25) is 0 Å². The molecule has 0 aromatic carbocycles. The molecule has 0 bridgehead atoms. The van der Waals surface area contributed by atoms with Crippen LogP contribution >= 0.6 is 0 Å². The second kappa shape index (κ2) is 2.96. The zero-order valence-electron chi connectivity index (χ0n) is 6.73. The molecule has 0 aromatic rings. The quantitative estimate of drug-likeness (QED) is 0.650. The van der Waals surface area contributed by atoms with Crippen molar-refractivity contribution in [3.63, 3.8) is 0 Å². The van der Waals surface area contributed by atoms with Gasteiger partial charge >= 0.3 is 23.7 Å². The van der Waals surface area contributed by atoms with Crippen molar-refractivity contribution in [3.8, 4) is 0 Å². The average molecular weight is 229 g/mol. The summed E-state index contributed by atoms with van der Waals surface area (Å²) < 4.78 is 96.3. The topological polar surface area (TPSA) is 0 Å². The van der Waals surface area contributed by atoms with E-state index in [1.807, 2.05) is 0 Å². The normalized spacial score (nSPS) is 15.9. The molecule has 1 radical (unpaired) electrons. The van der Waals surface area contributed by atoms with Gasteiger partial charge in [-0.15, -0.1) is 0 Å². The maximum Gasteiger partial charge on any atom is 0.378 e. The van der Waals surface area contributed by atoms with E-state index >= 15 is 0 Å². The SMILES string of the molecule is [CH2]C(F)(F)C(F)(F)C(F)(F)C(C)(F)F. The fourth-order valence-electron chi connectivity index (χ4n) is 0.505. The van der Waals surface area contributed by atoms with Crippen LogP contribution < -0.4 is 0 Å². The summed E-state index contributed by atoms with van der Waals surface area (Å²) in [4.78, 5) is 0. The van der Waals surface area contributed by atoms with Gasteiger partial charge in [0.25, 0.3) is 0 Å². The van der Waals surface area contributed by atoms with E-state index in [9.17, 15) is 35.1 Å². The molecular formula is C6H5F8. The third kappa shape index (κ3) is 1.78. The molecule has 0 amide bonds. The van der Waals surface area contributed by atoms with Crippen LogP contribution in [-0.2, 0) is 0 Å². The molecule has 85 valence electrons. The third-order valence-corrected chi connectivity index (χ3v) is 1.41. The van der Waals surface area contributed by atoms with Crippen molar-refractivity contribution >= 4 is 0 Å². The van der Waals surface area contributed by atoms with Gasteiger partial charge in [-0.2, -0.15) is 35.1 Å². The van der Waals surface area contributed by atoms with E-state index in [1.165, 1.54) is 6.92 Å². The van der Waals surface area contributed by atoms with Gasteiger partial charge in [0, 0.05) is 13.8 Å². The van der Waals surface area contributed by atoms with Gasteiger partial charge in [-0.05, 0) is 0 Å². The molecule has 8 heteroatoms. The molecule has 0 aliphatic carbocycles. The highest BCUT2D eigenvalue weighted by atomic mass is 19.4. The molecule has 0 N–H and O–H groups in total. The molecule has 0 saturated carbocycles. The highest BCUT2D eigenvalue weighted by Gasteiger charge is 2.77. The summed E-state index contributed by atoms with van der Waals surface area (Å²) in [6.45, 7) is 0.848. The summed E-state index contributed by atoms with van der Waals surface area (Å²) in [5.74, 6) is -23.1. The summed E-state index contributed by atoms with van der Waals surface area (Å²) in [7, 11) is 0. The Labute approximate surface area is 73.9 Å². The van der Waals surface area contributed by atoms with Crippen LogP contribution in [0.3, 0.4) is 0 Å². The Hall–Kier alpha value is -0.560. The van der Waals surface area contributed by atoms with E-state index in [0.717, 1.165) is 0 Å². The Morgan fingerprint density at radius 1 is 0.714 bits per heavy atom. The first-order chi connectivity index (χ1) is 5.75. The van der Waals surface area contributed by atoms with Gasteiger partial charge in [0.1, 0.15) is 0 Å². The highest BCUT2D eigenvalue weighted by Crippen LogP contribution is 2.51. The maximum atomic E-state index is 12.2. The first-order valence-electron chi connectivity index (χ1n) is 3.12. The van der Waals surface area contributed by atoms with Gasteiger partial charge in [-0.1, -0.05) is 0 Å². The summed E-state index contributed by atoms with van der Waals surface area (Å²) in [6, 6.07) is 0. The van der Waals surface area contributed by atoms with Crippen molar-refractivity contribution in [2.24, 2.45) is 0 Å². The van der Waals surface area contributed by atoms with Crippen LogP contribution in [0, 0.1) is 6.92 Å². The van der Waals surface area contributed by atoms with Crippen LogP contribution in [0.4, 0.5) is 35.1 Å². The van der Waals surface area contributed by atoms with Crippen molar-refractivity contribution in [3.05, 3.63) is 6.92 Å². The highest BCUT2D eigenvalue weighted by molar-refractivity contribution is 5.02. The molecule has 0 rings (SSSR count). The largest absolute Gasteiger partial charge is 0.378 e. The fourth-order valence-corrected chi connectivity index (χ4v) is 0.505. The van der Waals surface area contributed by atoms with E-state index in [2.05, 4.69) is 0 Å². The van der Waals surface area contributed by atoms with Crippen LogP contribution in [0.1, 0.15) is 6.92 Å². The minimum Gasteiger partial charge on any atom is -0.200 e. The molecule has 0 nitrogen and oxygen atoms in total. The zero-order valence-corrected chi connectivity index (χ0v) is 6.73. The van der Waals surface area contributed by atoms with Gasteiger partial charge in [0.05, 0.1) is 0 Å². The van der Waals surface area contributed by atoms with Gasteiger partial charge in [0.15, 0.2) is 0 Å². The molecule has 0 heterocycles. The Bertz CT molecular complexity index is 183. The maximum absolute atomic E-state index is 12.2. The van der Waals surface area contributed by atoms with Crippen molar-refractivity contribution in [2.75, 3.05) is 0 Å². The van der Waals surface area contributed by atoms with Crippen LogP contribution in [-0.4, -0.2) is 23.7 Å². The predicted octanol–water partition coefficient (Wildman–Crippen LogP) is 3.38. The molecule has 0 atom stereocenters. The van der Waals surface area contributed by atoms with Crippen molar-refractivity contribution in [1.29, 1.82) is 0 Å². The minimum atomic E-state index is -6.21.